The topological polar surface area (TPSA) is 60.4 Å². The summed E-state index contributed by atoms with van der Waals surface area (Å²) >= 11 is 0. The predicted molar refractivity (Wildman–Crippen MR) is 63.0 cm³/mol. The Morgan fingerprint density at radius 2 is 2.21 bits per heavy atom. The van der Waals surface area contributed by atoms with Crippen molar-refractivity contribution in [3.8, 4) is 12.3 Å². The fourth-order valence-corrected chi connectivity index (χ4v) is 2.81. The largest absolute Gasteiger partial charge is 1.00 e. The molecule has 1 aromatic rings. The van der Waals surface area contributed by atoms with E-state index < -0.39 is 29.0 Å². The van der Waals surface area contributed by atoms with Crippen LogP contribution in [0.25, 0.3) is 0 Å². The van der Waals surface area contributed by atoms with Gasteiger partial charge in [0.2, 0.25) is 0 Å². The molecule has 0 fully saturated rings. The van der Waals surface area contributed by atoms with Crippen molar-refractivity contribution >= 4 is 10.3 Å². The van der Waals surface area contributed by atoms with E-state index in [0.29, 0.717) is 5.56 Å². The molecule has 0 radical (unpaired) electrons. The average Bonchev–Trinajstić information content (AvgIpc) is 2.65. The maximum absolute atomic E-state index is 14.1. The van der Waals surface area contributed by atoms with E-state index in [4.69, 9.17) is 9.16 Å². The van der Waals surface area contributed by atoms with Crippen LogP contribution in [0, 0.1) is 12.3 Å². The number of alkyl halides is 1. The number of rotatable bonds is 3. The first-order valence-corrected chi connectivity index (χ1v) is 6.50. The number of benzene rings is 1. The summed E-state index contributed by atoms with van der Waals surface area (Å²) < 4.78 is 63.1. The van der Waals surface area contributed by atoms with Gasteiger partial charge in [0, 0.05) is 6.42 Å². The fraction of sp³-hybridized carbons (Fsp3) is 0.333. The Morgan fingerprint density at radius 1 is 1.58 bits per heavy atom. The summed E-state index contributed by atoms with van der Waals surface area (Å²) in [7, 11) is -5.27. The van der Waals surface area contributed by atoms with Crippen LogP contribution in [-0.2, 0) is 16.7 Å². The molecule has 2 rings (SSSR count). The number of halogens is 1. The van der Waals surface area contributed by atoms with Crippen molar-refractivity contribution in [3.63, 3.8) is 0 Å². The van der Waals surface area contributed by atoms with Crippen LogP contribution < -0.4 is 58.2 Å². The molecular formula is C12H11FNO3RbS. The first kappa shape index (κ1) is 14.3. The zero-order valence-corrected chi connectivity index (χ0v) is 15.9. The Balaban J connectivity index is 0.00000220. The summed E-state index contributed by atoms with van der Waals surface area (Å²) in [5, 5.41) is 0. The Kier molecular flexibility index (Phi) is 5.20. The summed E-state index contributed by atoms with van der Waals surface area (Å²) in [5.74, 6) is 1.59. The van der Waals surface area contributed by atoms with Crippen molar-refractivity contribution < 1.29 is 78.3 Å². The van der Waals surface area contributed by atoms with Gasteiger partial charge < -0.3 is 4.55 Å². The van der Waals surface area contributed by atoms with E-state index in [2.05, 4.69) is 0 Å². The standard InChI is InChI=1S/C12H12FNO3S.Rb/c1-2-7-14(18(15,16)17)12-10-6-4-3-5-9(10)8-11(12)13;/h1,3-6,11-12H,7-8H2,(H,15,16,17);/q;+1/p-1/i7D2,13-1;. The predicted octanol–water partition coefficient (Wildman–Crippen LogP) is -1.98. The van der Waals surface area contributed by atoms with Crippen molar-refractivity contribution in [2.75, 3.05) is 6.50 Å². The van der Waals surface area contributed by atoms with Gasteiger partial charge in [0.15, 0.2) is 10.3 Å². The van der Waals surface area contributed by atoms with E-state index in [1.807, 2.05) is 0 Å². The van der Waals surface area contributed by atoms with Crippen LogP contribution >= 0.6 is 0 Å². The fourth-order valence-electron chi connectivity index (χ4n) is 2.13. The molecule has 7 heteroatoms. The number of terminal acetylenes is 1. The number of fused-ring (bicyclic) bond motifs is 1. The zero-order chi connectivity index (χ0) is 15.1. The average molecular weight is 355 g/mol. The van der Waals surface area contributed by atoms with E-state index in [0.717, 1.165) is 0 Å². The first-order chi connectivity index (χ1) is 9.18. The maximum Gasteiger partial charge on any atom is 1.00 e. The van der Waals surface area contributed by atoms with Crippen LogP contribution in [0.4, 0.5) is 4.39 Å². The molecule has 2 atom stereocenters. The van der Waals surface area contributed by atoms with Gasteiger partial charge in [-0.15, -0.1) is 6.42 Å². The number of nitrogens with zero attached hydrogens (tertiary/aromatic N) is 1. The van der Waals surface area contributed by atoms with Gasteiger partial charge in [0.1, 0.15) is 6.17 Å². The molecule has 2 unspecified atom stereocenters. The van der Waals surface area contributed by atoms with Gasteiger partial charge in [-0.05, 0) is 11.1 Å². The van der Waals surface area contributed by atoms with Crippen molar-refractivity contribution in [1.82, 2.24) is 4.31 Å². The number of hydrogen-bond donors (Lipinski definition) is 0. The smallest absolute Gasteiger partial charge is 0.735 e. The molecule has 96 valence electrons. The number of hydrogen-bond acceptors (Lipinski definition) is 3. The third kappa shape index (κ3) is 3.73. The summed E-state index contributed by atoms with van der Waals surface area (Å²) in [6, 6.07) is 4.73. The van der Waals surface area contributed by atoms with Crippen LogP contribution in [0.3, 0.4) is 0 Å². The van der Waals surface area contributed by atoms with Gasteiger partial charge in [0.25, 0.3) is 0 Å². The molecular weight excluding hydrogens is 342 g/mol. The van der Waals surface area contributed by atoms with Crippen LogP contribution in [0.2, 0.25) is 0 Å². The van der Waals surface area contributed by atoms with E-state index in [-0.39, 0.29) is 74.5 Å². The molecule has 0 aromatic heterocycles. The second kappa shape index (κ2) is 6.90. The minimum absolute atomic E-state index is 0. The van der Waals surface area contributed by atoms with Crippen molar-refractivity contribution in [1.29, 1.82) is 0 Å². The second-order valence-electron chi connectivity index (χ2n) is 3.87. The Morgan fingerprint density at radius 3 is 2.79 bits per heavy atom. The SMILES string of the molecule is [2H]C([2H])(C#C)N(C1c2ccccc2CC1[18F])S(=O)(=O)[O-].[Rb+]. The molecule has 1 aliphatic carbocycles. The molecule has 1 aliphatic rings. The molecule has 19 heavy (non-hydrogen) atoms. The zero-order valence-electron chi connectivity index (χ0n) is 12.2. The Bertz CT molecular complexity index is 677. The van der Waals surface area contributed by atoms with Gasteiger partial charge in [-0.3, -0.25) is 0 Å². The summed E-state index contributed by atoms with van der Waals surface area (Å²) in [6.45, 7) is -2.90. The molecule has 0 aliphatic heterocycles. The van der Waals surface area contributed by atoms with E-state index in [1.165, 1.54) is 6.07 Å². The third-order valence-electron chi connectivity index (χ3n) is 2.80. The van der Waals surface area contributed by atoms with Crippen molar-refractivity contribution in [2.24, 2.45) is 0 Å². The van der Waals surface area contributed by atoms with Gasteiger partial charge in [-0.2, -0.15) is 4.31 Å². The normalized spacial score (nSPS) is 23.9. The molecule has 0 saturated carbocycles. The monoisotopic (exact) mass is 354 g/mol. The van der Waals surface area contributed by atoms with E-state index in [9.17, 15) is 17.4 Å². The van der Waals surface area contributed by atoms with Gasteiger partial charge in [-0.1, -0.05) is 30.2 Å². The molecule has 1 aromatic carbocycles. The summed E-state index contributed by atoms with van der Waals surface area (Å²) in [5.41, 5.74) is 0.796. The minimum Gasteiger partial charge on any atom is -0.735 e. The summed E-state index contributed by atoms with van der Waals surface area (Å²) in [4.78, 5) is 0. The van der Waals surface area contributed by atoms with Crippen LogP contribution in [0.1, 0.15) is 19.9 Å². The summed E-state index contributed by atoms with van der Waals surface area (Å²) in [6.07, 6.45) is 3.13. The quantitative estimate of drug-likeness (QED) is 0.467. The second-order valence-corrected chi connectivity index (χ2v) is 5.12. The van der Waals surface area contributed by atoms with Crippen molar-refractivity contribution in [2.45, 2.75) is 18.6 Å². The molecule has 0 N–H and O–H groups in total. The van der Waals surface area contributed by atoms with Gasteiger partial charge in [0.05, 0.1) is 15.3 Å². The first-order valence-electron chi connectivity index (χ1n) is 6.13. The van der Waals surface area contributed by atoms with Gasteiger partial charge in [-0.25, -0.2) is 12.8 Å². The van der Waals surface area contributed by atoms with Gasteiger partial charge >= 0.3 is 58.2 Å². The Hall–Kier alpha value is 0.385. The minimum atomic E-state index is -5.27. The van der Waals surface area contributed by atoms with Crippen LogP contribution in [0.15, 0.2) is 24.3 Å². The molecule has 0 spiro atoms. The van der Waals surface area contributed by atoms with E-state index in [1.54, 1.807) is 24.1 Å². The van der Waals surface area contributed by atoms with E-state index >= 15 is 0 Å². The molecule has 4 nitrogen and oxygen atoms in total. The van der Waals surface area contributed by atoms with Crippen LogP contribution in [-0.4, -0.2) is 29.9 Å². The molecule has 0 heterocycles. The third-order valence-corrected chi connectivity index (χ3v) is 3.60. The van der Waals surface area contributed by atoms with Crippen molar-refractivity contribution in [3.05, 3.63) is 35.4 Å². The maximum atomic E-state index is 14.1. The molecule has 0 saturated heterocycles. The molecule has 0 bridgehead atoms. The Labute approximate surface area is 163 Å². The van der Waals surface area contributed by atoms with Crippen LogP contribution in [0.5, 0.6) is 0 Å². The molecule has 0 amide bonds.